The van der Waals surface area contributed by atoms with Crippen LogP contribution in [0.25, 0.3) is 22.5 Å². The number of aromatic nitrogens is 2. The second-order valence-corrected chi connectivity index (χ2v) is 8.87. The lowest BCUT2D eigenvalue weighted by molar-refractivity contribution is -0.124. The Hall–Kier alpha value is -3.46. The molecule has 2 aromatic carbocycles. The SMILES string of the molecule is Cc1nc(-c2c(F)cc(Cl)cc2-c2ccc3c(c2)CC[C@@H]3NC(=O)C2(NC(=O)O)CC2)no1. The number of rotatable bonds is 5. The summed E-state index contributed by atoms with van der Waals surface area (Å²) in [6.45, 7) is 1.63. The van der Waals surface area contributed by atoms with Crippen LogP contribution in [-0.4, -0.2) is 32.8 Å². The minimum Gasteiger partial charge on any atom is -0.465 e. The van der Waals surface area contributed by atoms with Gasteiger partial charge in [-0.3, -0.25) is 4.79 Å². The molecule has 1 atom stereocenters. The molecule has 1 heterocycles. The number of fused-ring (bicyclic) bond motifs is 1. The molecule has 1 fully saturated rings. The van der Waals surface area contributed by atoms with Gasteiger partial charge in [0.25, 0.3) is 0 Å². The third kappa shape index (κ3) is 3.93. The van der Waals surface area contributed by atoms with Crippen LogP contribution in [0.4, 0.5) is 9.18 Å². The molecule has 0 radical (unpaired) electrons. The first kappa shape index (κ1) is 21.4. The molecule has 33 heavy (non-hydrogen) atoms. The van der Waals surface area contributed by atoms with Crippen molar-refractivity contribution in [3.63, 3.8) is 0 Å². The summed E-state index contributed by atoms with van der Waals surface area (Å²) >= 11 is 6.15. The summed E-state index contributed by atoms with van der Waals surface area (Å²) < 4.78 is 19.9. The van der Waals surface area contributed by atoms with E-state index in [2.05, 4.69) is 20.8 Å². The number of benzene rings is 2. The van der Waals surface area contributed by atoms with Crippen molar-refractivity contribution in [2.75, 3.05) is 0 Å². The van der Waals surface area contributed by atoms with E-state index >= 15 is 0 Å². The number of halogens is 2. The maximum Gasteiger partial charge on any atom is 0.405 e. The maximum atomic E-state index is 14.9. The highest BCUT2D eigenvalue weighted by Crippen LogP contribution is 2.41. The topological polar surface area (TPSA) is 117 Å². The quantitative estimate of drug-likeness (QED) is 0.508. The Morgan fingerprint density at radius 3 is 2.73 bits per heavy atom. The van der Waals surface area contributed by atoms with Crippen molar-refractivity contribution in [3.8, 4) is 22.5 Å². The Balaban J connectivity index is 1.45. The zero-order chi connectivity index (χ0) is 23.3. The Kier molecular flexibility index (Phi) is 5.08. The fourth-order valence-corrected chi connectivity index (χ4v) is 4.60. The molecule has 0 unspecified atom stereocenters. The van der Waals surface area contributed by atoms with Gasteiger partial charge in [-0.15, -0.1) is 0 Å². The predicted octanol–water partition coefficient (Wildman–Crippen LogP) is 4.41. The van der Waals surface area contributed by atoms with Gasteiger partial charge in [0.1, 0.15) is 11.4 Å². The first-order valence-corrected chi connectivity index (χ1v) is 10.9. The standard InChI is InChI=1S/C23H20ClFN4O4/c1-11-26-20(29-33-11)19-16(9-14(24)10-17(19)25)13-2-4-15-12(8-13)3-5-18(15)27-21(30)23(6-7-23)28-22(31)32/h2,4,8-10,18,28H,3,5-7H2,1H3,(H,27,30)(H,31,32)/t18-/m0/s1. The number of carbonyl (C=O) groups excluding carboxylic acids is 1. The van der Waals surface area contributed by atoms with Crippen LogP contribution in [0.5, 0.6) is 0 Å². The molecule has 10 heteroatoms. The average Bonchev–Trinajstić information content (AvgIpc) is 3.23. The highest BCUT2D eigenvalue weighted by Gasteiger charge is 2.52. The van der Waals surface area contributed by atoms with Crippen LogP contribution in [-0.2, 0) is 11.2 Å². The van der Waals surface area contributed by atoms with Gasteiger partial charge in [0.05, 0.1) is 11.6 Å². The van der Waals surface area contributed by atoms with Crippen LogP contribution in [0.15, 0.2) is 34.9 Å². The van der Waals surface area contributed by atoms with Crippen molar-refractivity contribution in [1.82, 2.24) is 20.8 Å². The molecule has 0 saturated heterocycles. The summed E-state index contributed by atoms with van der Waals surface area (Å²) in [5.74, 6) is -0.394. The third-order valence-corrected chi connectivity index (χ3v) is 6.39. The van der Waals surface area contributed by atoms with E-state index in [4.69, 9.17) is 21.2 Å². The van der Waals surface area contributed by atoms with E-state index in [0.29, 0.717) is 37.1 Å². The monoisotopic (exact) mass is 470 g/mol. The molecule has 1 saturated carbocycles. The van der Waals surface area contributed by atoms with Crippen LogP contribution in [0.3, 0.4) is 0 Å². The lowest BCUT2D eigenvalue weighted by atomic mass is 9.95. The zero-order valence-electron chi connectivity index (χ0n) is 17.6. The van der Waals surface area contributed by atoms with E-state index in [1.54, 1.807) is 13.0 Å². The van der Waals surface area contributed by atoms with E-state index in [-0.39, 0.29) is 28.4 Å². The molecular formula is C23H20ClFN4O4. The summed E-state index contributed by atoms with van der Waals surface area (Å²) in [5, 5.41) is 18.4. The summed E-state index contributed by atoms with van der Waals surface area (Å²) in [6.07, 6.45) is 1.17. The fourth-order valence-electron chi connectivity index (χ4n) is 4.40. The fraction of sp³-hybridized carbons (Fsp3) is 0.304. The first-order valence-electron chi connectivity index (χ1n) is 10.5. The van der Waals surface area contributed by atoms with Crippen molar-refractivity contribution in [1.29, 1.82) is 0 Å². The second kappa shape index (κ2) is 7.84. The van der Waals surface area contributed by atoms with E-state index in [1.165, 1.54) is 6.07 Å². The zero-order valence-corrected chi connectivity index (χ0v) is 18.4. The largest absolute Gasteiger partial charge is 0.465 e. The number of nitrogens with one attached hydrogen (secondary N) is 2. The van der Waals surface area contributed by atoms with Crippen molar-refractivity contribution in [2.45, 2.75) is 44.2 Å². The smallest absolute Gasteiger partial charge is 0.405 e. The number of amides is 2. The molecule has 0 bridgehead atoms. The number of hydrogen-bond donors (Lipinski definition) is 3. The molecule has 5 rings (SSSR count). The molecule has 2 aliphatic rings. The minimum atomic E-state index is -1.21. The highest BCUT2D eigenvalue weighted by atomic mass is 35.5. The highest BCUT2D eigenvalue weighted by molar-refractivity contribution is 6.31. The van der Waals surface area contributed by atoms with Gasteiger partial charge < -0.3 is 20.3 Å². The number of nitrogens with zero attached hydrogens (tertiary/aromatic N) is 2. The molecule has 0 aliphatic heterocycles. The molecule has 2 amide bonds. The van der Waals surface area contributed by atoms with Gasteiger partial charge in [-0.25, -0.2) is 9.18 Å². The number of carboxylic acid groups (broad SMARTS) is 1. The van der Waals surface area contributed by atoms with Crippen LogP contribution in [0.2, 0.25) is 5.02 Å². The second-order valence-electron chi connectivity index (χ2n) is 8.44. The average molecular weight is 471 g/mol. The molecule has 2 aliphatic carbocycles. The Bertz CT molecular complexity index is 1290. The van der Waals surface area contributed by atoms with Crippen LogP contribution in [0.1, 0.15) is 42.3 Å². The summed E-state index contributed by atoms with van der Waals surface area (Å²) in [4.78, 5) is 27.9. The Labute approximate surface area is 193 Å². The predicted molar refractivity (Wildman–Crippen MR) is 117 cm³/mol. The lowest BCUT2D eigenvalue weighted by Crippen LogP contribution is -2.49. The number of hydrogen-bond acceptors (Lipinski definition) is 5. The van der Waals surface area contributed by atoms with Gasteiger partial charge in [0.2, 0.25) is 17.6 Å². The van der Waals surface area contributed by atoms with Crippen molar-refractivity contribution in [3.05, 3.63) is 58.2 Å². The molecule has 3 N–H and O–H groups in total. The molecular weight excluding hydrogens is 451 g/mol. The van der Waals surface area contributed by atoms with Crippen LogP contribution in [0, 0.1) is 12.7 Å². The van der Waals surface area contributed by atoms with Gasteiger partial charge in [-0.2, -0.15) is 4.98 Å². The normalized spacial score (nSPS) is 18.0. The van der Waals surface area contributed by atoms with E-state index in [9.17, 15) is 14.0 Å². The molecule has 1 aromatic heterocycles. The van der Waals surface area contributed by atoms with Gasteiger partial charge in [0.15, 0.2) is 0 Å². The molecule has 3 aromatic rings. The van der Waals surface area contributed by atoms with Crippen molar-refractivity contribution < 1.29 is 23.6 Å². The van der Waals surface area contributed by atoms with E-state index in [1.807, 2.05) is 18.2 Å². The van der Waals surface area contributed by atoms with Crippen molar-refractivity contribution >= 4 is 23.6 Å². The van der Waals surface area contributed by atoms with Crippen LogP contribution < -0.4 is 10.6 Å². The summed E-state index contributed by atoms with van der Waals surface area (Å²) in [7, 11) is 0. The molecule has 0 spiro atoms. The van der Waals surface area contributed by atoms with Gasteiger partial charge >= 0.3 is 6.09 Å². The van der Waals surface area contributed by atoms with E-state index in [0.717, 1.165) is 16.7 Å². The summed E-state index contributed by atoms with van der Waals surface area (Å²) in [6, 6.07) is 8.35. The first-order chi connectivity index (χ1) is 15.8. The Morgan fingerprint density at radius 2 is 2.06 bits per heavy atom. The summed E-state index contributed by atoms with van der Waals surface area (Å²) in [5.41, 5.74) is 2.44. The third-order valence-electron chi connectivity index (χ3n) is 6.17. The van der Waals surface area contributed by atoms with Gasteiger partial charge in [-0.1, -0.05) is 35.0 Å². The molecule has 8 nitrogen and oxygen atoms in total. The van der Waals surface area contributed by atoms with E-state index < -0.39 is 17.4 Å². The Morgan fingerprint density at radius 1 is 1.27 bits per heavy atom. The van der Waals surface area contributed by atoms with Gasteiger partial charge in [0, 0.05) is 11.9 Å². The maximum absolute atomic E-state index is 14.9. The minimum absolute atomic E-state index is 0.142. The van der Waals surface area contributed by atoms with Crippen LogP contribution >= 0.6 is 11.6 Å². The lowest BCUT2D eigenvalue weighted by Gasteiger charge is -2.20. The number of carbonyl (C=O) groups is 2. The number of aryl methyl sites for hydroxylation is 2. The van der Waals surface area contributed by atoms with Crippen molar-refractivity contribution in [2.24, 2.45) is 0 Å². The molecule has 170 valence electrons. The van der Waals surface area contributed by atoms with Gasteiger partial charge in [-0.05, 0) is 60.1 Å².